The second-order valence-electron chi connectivity index (χ2n) is 4.60. The molecule has 112 valence electrons. The molecule has 0 saturated carbocycles. The van der Waals surface area contributed by atoms with Crippen LogP contribution in [0, 0.1) is 5.82 Å². The van der Waals surface area contributed by atoms with Crippen LogP contribution in [0.5, 0.6) is 0 Å². The SMILES string of the molecule is CS(=O)(=O)CCn1cc(C(=O)O)c(-c2ccc(F)cc2)n1. The molecule has 0 unspecified atom stereocenters. The predicted octanol–water partition coefficient (Wildman–Crippen LogP) is 1.43. The van der Waals surface area contributed by atoms with Crippen LogP contribution in [0.25, 0.3) is 11.3 Å². The highest BCUT2D eigenvalue weighted by Crippen LogP contribution is 2.22. The van der Waals surface area contributed by atoms with Crippen LogP contribution in [-0.4, -0.2) is 41.3 Å². The van der Waals surface area contributed by atoms with Crippen molar-refractivity contribution >= 4 is 15.8 Å². The van der Waals surface area contributed by atoms with Gasteiger partial charge in [-0.1, -0.05) is 0 Å². The van der Waals surface area contributed by atoms with Gasteiger partial charge in [0.25, 0.3) is 0 Å². The van der Waals surface area contributed by atoms with Crippen LogP contribution in [0.1, 0.15) is 10.4 Å². The van der Waals surface area contributed by atoms with Crippen molar-refractivity contribution in [2.75, 3.05) is 12.0 Å². The van der Waals surface area contributed by atoms with Gasteiger partial charge in [-0.15, -0.1) is 0 Å². The smallest absolute Gasteiger partial charge is 0.339 e. The largest absolute Gasteiger partial charge is 0.478 e. The van der Waals surface area contributed by atoms with Gasteiger partial charge in [0, 0.05) is 18.0 Å². The Labute approximate surface area is 120 Å². The van der Waals surface area contributed by atoms with Gasteiger partial charge in [-0.3, -0.25) is 4.68 Å². The number of aromatic nitrogens is 2. The lowest BCUT2D eigenvalue weighted by Crippen LogP contribution is -2.11. The summed E-state index contributed by atoms with van der Waals surface area (Å²) in [6.07, 6.45) is 2.36. The highest BCUT2D eigenvalue weighted by Gasteiger charge is 2.17. The molecule has 0 saturated heterocycles. The van der Waals surface area contributed by atoms with Gasteiger partial charge in [0.05, 0.1) is 12.3 Å². The Bertz CT molecular complexity index is 766. The van der Waals surface area contributed by atoms with E-state index in [9.17, 15) is 22.7 Å². The van der Waals surface area contributed by atoms with Crippen LogP contribution < -0.4 is 0 Å². The van der Waals surface area contributed by atoms with Gasteiger partial charge in [-0.25, -0.2) is 17.6 Å². The minimum atomic E-state index is -3.17. The van der Waals surface area contributed by atoms with E-state index in [4.69, 9.17) is 0 Å². The third-order valence-electron chi connectivity index (χ3n) is 2.80. The number of carboxylic acid groups (broad SMARTS) is 1. The number of aromatic carboxylic acids is 1. The van der Waals surface area contributed by atoms with Crippen molar-refractivity contribution < 1.29 is 22.7 Å². The number of aryl methyl sites for hydroxylation is 1. The van der Waals surface area contributed by atoms with E-state index in [1.165, 1.54) is 35.1 Å². The molecule has 2 rings (SSSR count). The monoisotopic (exact) mass is 312 g/mol. The molecule has 1 heterocycles. The lowest BCUT2D eigenvalue weighted by molar-refractivity contribution is 0.0697. The molecule has 8 heteroatoms. The van der Waals surface area contributed by atoms with Crippen LogP contribution in [0.4, 0.5) is 4.39 Å². The third-order valence-corrected chi connectivity index (χ3v) is 3.73. The summed E-state index contributed by atoms with van der Waals surface area (Å²) in [7, 11) is -3.17. The summed E-state index contributed by atoms with van der Waals surface area (Å²) in [6, 6.07) is 5.25. The molecule has 0 aliphatic rings. The van der Waals surface area contributed by atoms with Gasteiger partial charge in [-0.05, 0) is 24.3 Å². The molecule has 1 aromatic carbocycles. The highest BCUT2D eigenvalue weighted by molar-refractivity contribution is 7.90. The summed E-state index contributed by atoms with van der Waals surface area (Å²) < 4.78 is 36.5. The zero-order valence-corrected chi connectivity index (χ0v) is 12.0. The third kappa shape index (κ3) is 3.88. The maximum Gasteiger partial charge on any atom is 0.339 e. The van der Waals surface area contributed by atoms with Gasteiger partial charge in [-0.2, -0.15) is 5.10 Å². The fourth-order valence-electron chi connectivity index (χ4n) is 1.77. The molecule has 0 bridgehead atoms. The van der Waals surface area contributed by atoms with Crippen molar-refractivity contribution in [2.45, 2.75) is 6.54 Å². The normalized spacial score (nSPS) is 11.5. The van der Waals surface area contributed by atoms with Gasteiger partial charge >= 0.3 is 5.97 Å². The standard InChI is InChI=1S/C13H13FN2O4S/c1-21(19,20)7-6-16-8-11(13(17)18)12(15-16)9-2-4-10(14)5-3-9/h2-5,8H,6-7H2,1H3,(H,17,18). The molecule has 6 nitrogen and oxygen atoms in total. The Morgan fingerprint density at radius 3 is 2.48 bits per heavy atom. The molecule has 1 N–H and O–H groups in total. The molecule has 1 aromatic heterocycles. The number of benzene rings is 1. The molecule has 0 atom stereocenters. The van der Waals surface area contributed by atoms with E-state index >= 15 is 0 Å². The quantitative estimate of drug-likeness (QED) is 0.902. The predicted molar refractivity (Wildman–Crippen MR) is 74.3 cm³/mol. The van der Waals surface area contributed by atoms with Crippen LogP contribution in [0.2, 0.25) is 0 Å². The van der Waals surface area contributed by atoms with Crippen molar-refractivity contribution in [1.29, 1.82) is 0 Å². The Kier molecular flexibility index (Phi) is 4.08. The first-order valence-electron chi connectivity index (χ1n) is 6.01. The first kappa shape index (κ1) is 15.2. The van der Waals surface area contributed by atoms with E-state index in [2.05, 4.69) is 5.10 Å². The van der Waals surface area contributed by atoms with Gasteiger partial charge < -0.3 is 5.11 Å². The Morgan fingerprint density at radius 1 is 1.33 bits per heavy atom. The Morgan fingerprint density at radius 2 is 1.95 bits per heavy atom. The van der Waals surface area contributed by atoms with Crippen molar-refractivity contribution in [3.63, 3.8) is 0 Å². The number of carbonyl (C=O) groups is 1. The lowest BCUT2D eigenvalue weighted by atomic mass is 10.1. The van der Waals surface area contributed by atoms with Crippen LogP contribution in [0.3, 0.4) is 0 Å². The minimum absolute atomic E-state index is 0.0559. The van der Waals surface area contributed by atoms with Crippen LogP contribution >= 0.6 is 0 Å². The second-order valence-corrected chi connectivity index (χ2v) is 6.86. The van der Waals surface area contributed by atoms with E-state index in [0.29, 0.717) is 5.56 Å². The van der Waals surface area contributed by atoms with E-state index in [-0.39, 0.29) is 23.6 Å². The number of carboxylic acids is 1. The summed E-state index contributed by atoms with van der Waals surface area (Å²) in [6.45, 7) is 0.0559. The fraction of sp³-hybridized carbons (Fsp3) is 0.231. The zero-order chi connectivity index (χ0) is 15.6. The number of halogens is 1. The summed E-state index contributed by atoms with van der Waals surface area (Å²) in [5, 5.41) is 13.3. The first-order chi connectivity index (χ1) is 9.76. The molecule has 0 amide bonds. The topological polar surface area (TPSA) is 89.3 Å². The summed E-state index contributed by atoms with van der Waals surface area (Å²) in [4.78, 5) is 11.2. The summed E-state index contributed by atoms with van der Waals surface area (Å²) in [5.74, 6) is -1.76. The molecular weight excluding hydrogens is 299 g/mol. The summed E-state index contributed by atoms with van der Waals surface area (Å²) >= 11 is 0. The molecule has 0 spiro atoms. The van der Waals surface area contributed by atoms with E-state index < -0.39 is 21.6 Å². The molecule has 0 aliphatic heterocycles. The maximum absolute atomic E-state index is 12.9. The lowest BCUT2D eigenvalue weighted by Gasteiger charge is -2.00. The maximum atomic E-state index is 12.9. The van der Waals surface area contributed by atoms with Gasteiger partial charge in [0.1, 0.15) is 26.9 Å². The number of rotatable bonds is 5. The first-order valence-corrected chi connectivity index (χ1v) is 8.07. The molecule has 21 heavy (non-hydrogen) atoms. The van der Waals surface area contributed by atoms with E-state index in [1.54, 1.807) is 0 Å². The zero-order valence-electron chi connectivity index (χ0n) is 11.2. The Hall–Kier alpha value is -2.22. The molecular formula is C13H13FN2O4S. The molecule has 0 radical (unpaired) electrons. The number of hydrogen-bond donors (Lipinski definition) is 1. The van der Waals surface area contributed by atoms with Gasteiger partial charge in [0.15, 0.2) is 0 Å². The molecule has 0 fully saturated rings. The van der Waals surface area contributed by atoms with Crippen molar-refractivity contribution in [2.24, 2.45) is 0 Å². The van der Waals surface area contributed by atoms with Crippen molar-refractivity contribution in [3.05, 3.63) is 41.8 Å². The number of sulfone groups is 1. The average molecular weight is 312 g/mol. The summed E-state index contributed by atoms with van der Waals surface area (Å²) in [5.41, 5.74) is 0.568. The average Bonchev–Trinajstić information content (AvgIpc) is 2.81. The van der Waals surface area contributed by atoms with Crippen LogP contribution in [0.15, 0.2) is 30.5 Å². The Balaban J connectivity index is 2.38. The van der Waals surface area contributed by atoms with E-state index in [0.717, 1.165) is 6.26 Å². The molecule has 0 aliphatic carbocycles. The van der Waals surface area contributed by atoms with Gasteiger partial charge in [0.2, 0.25) is 0 Å². The fourth-order valence-corrected chi connectivity index (χ4v) is 2.29. The minimum Gasteiger partial charge on any atom is -0.478 e. The second kappa shape index (κ2) is 5.65. The van der Waals surface area contributed by atoms with Crippen LogP contribution in [-0.2, 0) is 16.4 Å². The van der Waals surface area contributed by atoms with E-state index in [1.807, 2.05) is 0 Å². The van der Waals surface area contributed by atoms with Crippen molar-refractivity contribution in [1.82, 2.24) is 9.78 Å². The number of nitrogens with zero attached hydrogens (tertiary/aromatic N) is 2. The van der Waals surface area contributed by atoms with Crippen molar-refractivity contribution in [3.8, 4) is 11.3 Å². The highest BCUT2D eigenvalue weighted by atomic mass is 32.2. The number of hydrogen-bond acceptors (Lipinski definition) is 4. The molecule has 2 aromatic rings.